The Morgan fingerprint density at radius 1 is 1.14 bits per heavy atom. The largest absolute Gasteiger partial charge is 0.351 e. The molecule has 2 aromatic carbocycles. The lowest BCUT2D eigenvalue weighted by Gasteiger charge is -2.30. The van der Waals surface area contributed by atoms with Gasteiger partial charge in [-0.2, -0.15) is 11.8 Å². The summed E-state index contributed by atoms with van der Waals surface area (Å²) in [4.78, 5) is 14.8. The van der Waals surface area contributed by atoms with Gasteiger partial charge in [-0.3, -0.25) is 9.69 Å². The standard InChI is InChI=1S/C23H29ClN2OS/c1-18-9-12-26(13-10-18)16-19-5-7-21(8-6-19)23(27)25-11-14-28-17-20-3-2-4-22(24)15-20/h2-8,15,18H,9-14,16-17H2,1H3,(H,25,27). The van der Waals surface area contributed by atoms with Crippen LogP contribution in [0.4, 0.5) is 0 Å². The van der Waals surface area contributed by atoms with Gasteiger partial charge < -0.3 is 5.32 Å². The number of thioether (sulfide) groups is 1. The van der Waals surface area contributed by atoms with E-state index in [9.17, 15) is 4.79 Å². The van der Waals surface area contributed by atoms with Gasteiger partial charge in [0.05, 0.1) is 0 Å². The number of benzene rings is 2. The number of carbonyl (C=O) groups excluding carboxylic acids is 1. The van der Waals surface area contributed by atoms with Gasteiger partial charge in [0.25, 0.3) is 5.91 Å². The summed E-state index contributed by atoms with van der Waals surface area (Å²) in [5.41, 5.74) is 3.22. The van der Waals surface area contributed by atoms with Crippen molar-refractivity contribution >= 4 is 29.3 Å². The lowest BCUT2D eigenvalue weighted by atomic mass is 9.99. The van der Waals surface area contributed by atoms with Gasteiger partial charge in [0, 0.05) is 35.2 Å². The van der Waals surface area contributed by atoms with Crippen LogP contribution in [0.5, 0.6) is 0 Å². The number of halogens is 1. The van der Waals surface area contributed by atoms with Crippen LogP contribution in [-0.2, 0) is 12.3 Å². The maximum atomic E-state index is 12.3. The second-order valence-corrected chi connectivity index (χ2v) is 9.14. The van der Waals surface area contributed by atoms with E-state index in [-0.39, 0.29) is 5.91 Å². The third-order valence-corrected chi connectivity index (χ3v) is 6.45. The molecule has 0 radical (unpaired) electrons. The molecule has 0 saturated carbocycles. The smallest absolute Gasteiger partial charge is 0.251 e. The van der Waals surface area contributed by atoms with Crippen LogP contribution in [0.25, 0.3) is 0 Å². The number of rotatable bonds is 8. The van der Waals surface area contributed by atoms with Crippen LogP contribution < -0.4 is 5.32 Å². The molecule has 1 fully saturated rings. The predicted molar refractivity (Wildman–Crippen MR) is 120 cm³/mol. The number of likely N-dealkylation sites (tertiary alicyclic amines) is 1. The zero-order valence-electron chi connectivity index (χ0n) is 16.5. The Hall–Kier alpha value is -1.49. The third-order valence-electron chi connectivity index (χ3n) is 5.19. The van der Waals surface area contributed by atoms with E-state index in [2.05, 4.69) is 35.3 Å². The highest BCUT2D eigenvalue weighted by molar-refractivity contribution is 7.98. The second-order valence-electron chi connectivity index (χ2n) is 7.59. The molecule has 3 rings (SSSR count). The first-order chi connectivity index (χ1) is 13.6. The number of nitrogens with zero attached hydrogens (tertiary/aromatic N) is 1. The number of amides is 1. The van der Waals surface area contributed by atoms with E-state index in [0.717, 1.165) is 34.6 Å². The minimum atomic E-state index is 0.00158. The molecule has 0 aliphatic carbocycles. The van der Waals surface area contributed by atoms with Crippen molar-refractivity contribution in [1.29, 1.82) is 0 Å². The minimum absolute atomic E-state index is 0.00158. The topological polar surface area (TPSA) is 32.3 Å². The van der Waals surface area contributed by atoms with Gasteiger partial charge in [-0.05, 0) is 67.2 Å². The molecule has 3 nitrogen and oxygen atoms in total. The zero-order chi connectivity index (χ0) is 19.8. The van der Waals surface area contributed by atoms with Crippen LogP contribution in [0, 0.1) is 5.92 Å². The maximum Gasteiger partial charge on any atom is 0.251 e. The molecular formula is C23H29ClN2OS. The molecule has 0 atom stereocenters. The van der Waals surface area contributed by atoms with Gasteiger partial charge >= 0.3 is 0 Å². The van der Waals surface area contributed by atoms with E-state index in [4.69, 9.17) is 11.6 Å². The number of carbonyl (C=O) groups is 1. The lowest BCUT2D eigenvalue weighted by molar-refractivity contribution is 0.0956. The van der Waals surface area contributed by atoms with Gasteiger partial charge in [-0.15, -0.1) is 0 Å². The molecule has 5 heteroatoms. The molecule has 0 unspecified atom stereocenters. The summed E-state index contributed by atoms with van der Waals surface area (Å²) < 4.78 is 0. The summed E-state index contributed by atoms with van der Waals surface area (Å²) in [5.74, 6) is 2.64. The highest BCUT2D eigenvalue weighted by atomic mass is 35.5. The molecule has 1 amide bonds. The van der Waals surface area contributed by atoms with E-state index in [0.29, 0.717) is 6.54 Å². The molecule has 28 heavy (non-hydrogen) atoms. The highest BCUT2D eigenvalue weighted by Gasteiger charge is 2.15. The van der Waals surface area contributed by atoms with Crippen molar-refractivity contribution in [2.24, 2.45) is 5.92 Å². The van der Waals surface area contributed by atoms with E-state index < -0.39 is 0 Å². The molecule has 1 aliphatic rings. The van der Waals surface area contributed by atoms with Gasteiger partial charge in [0.2, 0.25) is 0 Å². The number of hydrogen-bond donors (Lipinski definition) is 1. The Kier molecular flexibility index (Phi) is 8.26. The molecule has 1 saturated heterocycles. The summed E-state index contributed by atoms with van der Waals surface area (Å²) in [5, 5.41) is 3.77. The quantitative estimate of drug-likeness (QED) is 0.597. The molecule has 0 spiro atoms. The first-order valence-electron chi connectivity index (χ1n) is 10.0. The summed E-state index contributed by atoms with van der Waals surface area (Å²) >= 11 is 7.79. The predicted octanol–water partition coefficient (Wildman–Crippen LogP) is 5.24. The summed E-state index contributed by atoms with van der Waals surface area (Å²) in [6.45, 7) is 6.33. The zero-order valence-corrected chi connectivity index (χ0v) is 18.1. The van der Waals surface area contributed by atoms with Crippen molar-refractivity contribution in [1.82, 2.24) is 10.2 Å². The average molecular weight is 417 g/mol. The summed E-state index contributed by atoms with van der Waals surface area (Å²) in [7, 11) is 0. The van der Waals surface area contributed by atoms with Gasteiger partial charge in [-0.1, -0.05) is 42.8 Å². The number of hydrogen-bond acceptors (Lipinski definition) is 3. The molecule has 2 aromatic rings. The van der Waals surface area contributed by atoms with Crippen LogP contribution in [0.2, 0.25) is 5.02 Å². The fourth-order valence-corrected chi connectivity index (χ4v) is 4.41. The Morgan fingerprint density at radius 2 is 1.89 bits per heavy atom. The molecule has 1 heterocycles. The average Bonchev–Trinajstić information content (AvgIpc) is 2.70. The Morgan fingerprint density at radius 3 is 2.61 bits per heavy atom. The molecule has 1 N–H and O–H groups in total. The molecule has 0 bridgehead atoms. The third kappa shape index (κ3) is 6.84. The SMILES string of the molecule is CC1CCN(Cc2ccc(C(=O)NCCSCc3cccc(Cl)c3)cc2)CC1. The van der Waals surface area contributed by atoms with E-state index >= 15 is 0 Å². The summed E-state index contributed by atoms with van der Waals surface area (Å²) in [6.07, 6.45) is 2.58. The minimum Gasteiger partial charge on any atom is -0.351 e. The van der Waals surface area contributed by atoms with Crippen LogP contribution in [-0.4, -0.2) is 36.2 Å². The first kappa shape index (κ1) is 21.2. The van der Waals surface area contributed by atoms with Crippen molar-refractivity contribution in [3.63, 3.8) is 0 Å². The van der Waals surface area contributed by atoms with E-state index in [1.165, 1.54) is 37.1 Å². The van der Waals surface area contributed by atoms with Crippen molar-refractivity contribution in [2.75, 3.05) is 25.4 Å². The molecule has 1 aliphatic heterocycles. The molecule has 150 valence electrons. The lowest BCUT2D eigenvalue weighted by Crippen LogP contribution is -2.32. The molecular weight excluding hydrogens is 388 g/mol. The molecule has 0 aromatic heterocycles. The Bertz CT molecular complexity index is 757. The van der Waals surface area contributed by atoms with Crippen molar-refractivity contribution in [2.45, 2.75) is 32.1 Å². The fourth-order valence-electron chi connectivity index (χ4n) is 3.40. The fraction of sp³-hybridized carbons (Fsp3) is 0.435. The van der Waals surface area contributed by atoms with Crippen LogP contribution in [0.1, 0.15) is 41.3 Å². The van der Waals surface area contributed by atoms with Crippen molar-refractivity contribution < 1.29 is 4.79 Å². The van der Waals surface area contributed by atoms with Gasteiger partial charge in [0.1, 0.15) is 0 Å². The van der Waals surface area contributed by atoms with Crippen LogP contribution >= 0.6 is 23.4 Å². The van der Waals surface area contributed by atoms with Crippen LogP contribution in [0.15, 0.2) is 48.5 Å². The van der Waals surface area contributed by atoms with Crippen LogP contribution in [0.3, 0.4) is 0 Å². The second kappa shape index (κ2) is 10.9. The summed E-state index contributed by atoms with van der Waals surface area (Å²) in [6, 6.07) is 16.0. The number of nitrogens with one attached hydrogen (secondary N) is 1. The monoisotopic (exact) mass is 416 g/mol. The Labute approximate surface area is 177 Å². The van der Waals surface area contributed by atoms with E-state index in [1.807, 2.05) is 30.3 Å². The van der Waals surface area contributed by atoms with E-state index in [1.54, 1.807) is 11.8 Å². The van der Waals surface area contributed by atoms with Gasteiger partial charge in [0.15, 0.2) is 0 Å². The first-order valence-corrected chi connectivity index (χ1v) is 11.5. The van der Waals surface area contributed by atoms with Crippen molar-refractivity contribution in [3.05, 3.63) is 70.2 Å². The normalized spacial score (nSPS) is 15.5. The van der Waals surface area contributed by atoms with Crippen molar-refractivity contribution in [3.8, 4) is 0 Å². The number of piperidine rings is 1. The Balaban J connectivity index is 1.36. The highest BCUT2D eigenvalue weighted by Crippen LogP contribution is 2.18. The van der Waals surface area contributed by atoms with Gasteiger partial charge in [-0.25, -0.2) is 0 Å². The maximum absolute atomic E-state index is 12.3.